The standard InChI is InChI=1S/C19H21NO4S2/c1-15-8-9-19(12-16(15)2)26(23,24)20(13-17-6-4-3-5-7-17)18-10-11-25(21,22)14-18/h3-12,18H,13-14H2,1-2H3/t18-/m0/s1. The minimum absolute atomic E-state index is 0.112. The summed E-state index contributed by atoms with van der Waals surface area (Å²) in [5.74, 6) is -0.232. The fourth-order valence-corrected chi connectivity index (χ4v) is 5.94. The average Bonchev–Trinajstić information content (AvgIpc) is 2.95. The average molecular weight is 392 g/mol. The molecular weight excluding hydrogens is 370 g/mol. The Morgan fingerprint density at radius 1 is 1.04 bits per heavy atom. The van der Waals surface area contributed by atoms with Gasteiger partial charge in [0.05, 0.1) is 16.7 Å². The number of sulfonamides is 1. The molecule has 0 N–H and O–H groups in total. The van der Waals surface area contributed by atoms with Crippen LogP contribution in [0.5, 0.6) is 0 Å². The Morgan fingerprint density at radius 3 is 2.31 bits per heavy atom. The molecule has 26 heavy (non-hydrogen) atoms. The SMILES string of the molecule is Cc1ccc(S(=O)(=O)N(Cc2ccccc2)[C@H]2C=CS(=O)(=O)C2)cc1C. The van der Waals surface area contributed by atoms with Crippen LogP contribution in [-0.2, 0) is 26.4 Å². The van der Waals surface area contributed by atoms with Gasteiger partial charge in [0.15, 0.2) is 9.84 Å². The predicted molar refractivity (Wildman–Crippen MR) is 102 cm³/mol. The number of hydrogen-bond donors (Lipinski definition) is 0. The first-order valence-electron chi connectivity index (χ1n) is 8.23. The third-order valence-electron chi connectivity index (χ3n) is 4.55. The molecule has 0 radical (unpaired) electrons. The van der Waals surface area contributed by atoms with Crippen molar-refractivity contribution >= 4 is 19.9 Å². The van der Waals surface area contributed by atoms with Gasteiger partial charge in [0, 0.05) is 12.0 Å². The number of rotatable bonds is 5. The second-order valence-corrected chi connectivity index (χ2v) is 10.3. The van der Waals surface area contributed by atoms with Gasteiger partial charge in [0.1, 0.15) is 0 Å². The largest absolute Gasteiger partial charge is 0.243 e. The second kappa shape index (κ2) is 6.98. The Morgan fingerprint density at radius 2 is 1.73 bits per heavy atom. The molecule has 0 saturated heterocycles. The normalized spacial score (nSPS) is 19.1. The molecule has 3 rings (SSSR count). The highest BCUT2D eigenvalue weighted by Gasteiger charge is 2.35. The zero-order valence-corrected chi connectivity index (χ0v) is 16.3. The third kappa shape index (κ3) is 3.90. The van der Waals surface area contributed by atoms with Crippen molar-refractivity contribution in [1.82, 2.24) is 4.31 Å². The van der Waals surface area contributed by atoms with E-state index in [2.05, 4.69) is 0 Å². The Kier molecular flexibility index (Phi) is 5.05. The molecule has 7 heteroatoms. The molecule has 5 nitrogen and oxygen atoms in total. The summed E-state index contributed by atoms with van der Waals surface area (Å²) < 4.78 is 51.6. The summed E-state index contributed by atoms with van der Waals surface area (Å²) >= 11 is 0. The highest BCUT2D eigenvalue weighted by atomic mass is 32.2. The van der Waals surface area contributed by atoms with E-state index < -0.39 is 25.9 Å². The maximum Gasteiger partial charge on any atom is 0.243 e. The van der Waals surface area contributed by atoms with Crippen LogP contribution >= 0.6 is 0 Å². The van der Waals surface area contributed by atoms with Crippen LogP contribution in [0.3, 0.4) is 0 Å². The third-order valence-corrected chi connectivity index (χ3v) is 7.79. The molecule has 0 saturated carbocycles. The second-order valence-electron chi connectivity index (χ2n) is 6.51. The van der Waals surface area contributed by atoms with E-state index in [0.717, 1.165) is 22.1 Å². The number of nitrogens with zero attached hydrogens (tertiary/aromatic N) is 1. The van der Waals surface area contributed by atoms with Gasteiger partial charge in [-0.15, -0.1) is 0 Å². The van der Waals surface area contributed by atoms with Gasteiger partial charge in [-0.2, -0.15) is 4.31 Å². The van der Waals surface area contributed by atoms with E-state index in [9.17, 15) is 16.8 Å². The van der Waals surface area contributed by atoms with Crippen molar-refractivity contribution in [1.29, 1.82) is 0 Å². The molecule has 0 aromatic heterocycles. The summed E-state index contributed by atoms with van der Waals surface area (Å²) in [7, 11) is -7.23. The number of aryl methyl sites for hydroxylation is 2. The first-order valence-corrected chi connectivity index (χ1v) is 11.4. The number of sulfone groups is 1. The lowest BCUT2D eigenvalue weighted by atomic mass is 10.1. The van der Waals surface area contributed by atoms with E-state index in [-0.39, 0.29) is 17.2 Å². The zero-order chi connectivity index (χ0) is 18.9. The van der Waals surface area contributed by atoms with E-state index in [1.807, 2.05) is 44.2 Å². The van der Waals surface area contributed by atoms with Gasteiger partial charge in [-0.05, 0) is 42.7 Å². The fraction of sp³-hybridized carbons (Fsp3) is 0.263. The summed E-state index contributed by atoms with van der Waals surface area (Å²) in [6.07, 6.45) is 1.46. The van der Waals surface area contributed by atoms with E-state index in [1.54, 1.807) is 18.2 Å². The number of hydrogen-bond acceptors (Lipinski definition) is 4. The number of benzene rings is 2. The van der Waals surface area contributed by atoms with Crippen LogP contribution in [0.1, 0.15) is 16.7 Å². The quantitative estimate of drug-likeness (QED) is 0.786. The van der Waals surface area contributed by atoms with Crippen LogP contribution in [0.25, 0.3) is 0 Å². The summed E-state index contributed by atoms with van der Waals surface area (Å²) in [4.78, 5) is 0.175. The van der Waals surface area contributed by atoms with E-state index in [0.29, 0.717) is 0 Å². The molecule has 0 aliphatic carbocycles. The fourth-order valence-electron chi connectivity index (χ4n) is 2.89. The van der Waals surface area contributed by atoms with E-state index >= 15 is 0 Å². The molecule has 1 aliphatic heterocycles. The van der Waals surface area contributed by atoms with Crippen LogP contribution in [0.15, 0.2) is 64.9 Å². The van der Waals surface area contributed by atoms with Crippen molar-refractivity contribution in [3.63, 3.8) is 0 Å². The van der Waals surface area contributed by atoms with Gasteiger partial charge in [-0.3, -0.25) is 0 Å². The molecule has 1 aliphatic rings. The lowest BCUT2D eigenvalue weighted by Gasteiger charge is -2.27. The summed E-state index contributed by atoms with van der Waals surface area (Å²) in [6.45, 7) is 3.89. The van der Waals surface area contributed by atoms with Gasteiger partial charge in [0.25, 0.3) is 0 Å². The van der Waals surface area contributed by atoms with Gasteiger partial charge in [0.2, 0.25) is 10.0 Å². The molecule has 1 atom stereocenters. The summed E-state index contributed by atoms with van der Waals surface area (Å²) in [6, 6.07) is 13.4. The maximum atomic E-state index is 13.3. The first kappa shape index (κ1) is 18.8. The van der Waals surface area contributed by atoms with Crippen LogP contribution < -0.4 is 0 Å². The zero-order valence-electron chi connectivity index (χ0n) is 14.7. The summed E-state index contributed by atoms with van der Waals surface area (Å²) in [5.41, 5.74) is 2.68. The molecule has 0 amide bonds. The monoisotopic (exact) mass is 391 g/mol. The molecule has 1 heterocycles. The van der Waals surface area contributed by atoms with E-state index in [4.69, 9.17) is 0 Å². The lowest BCUT2D eigenvalue weighted by molar-refractivity contribution is 0.375. The van der Waals surface area contributed by atoms with Crippen molar-refractivity contribution in [3.05, 3.63) is 76.7 Å². The van der Waals surface area contributed by atoms with Crippen LogP contribution in [0, 0.1) is 13.8 Å². The maximum absolute atomic E-state index is 13.3. The highest BCUT2D eigenvalue weighted by Crippen LogP contribution is 2.26. The van der Waals surface area contributed by atoms with Crippen molar-refractivity contribution in [3.8, 4) is 0 Å². The molecule has 0 bridgehead atoms. The first-order chi connectivity index (χ1) is 12.2. The van der Waals surface area contributed by atoms with Crippen molar-refractivity contribution in [2.75, 3.05) is 5.75 Å². The molecule has 138 valence electrons. The van der Waals surface area contributed by atoms with Crippen LogP contribution in [-0.4, -0.2) is 32.9 Å². The van der Waals surface area contributed by atoms with Crippen molar-refractivity contribution in [2.24, 2.45) is 0 Å². The van der Waals surface area contributed by atoms with Gasteiger partial charge in [-0.25, -0.2) is 16.8 Å². The molecule has 2 aromatic rings. The van der Waals surface area contributed by atoms with E-state index in [1.165, 1.54) is 10.4 Å². The molecule has 0 fully saturated rings. The molecule has 0 spiro atoms. The van der Waals surface area contributed by atoms with Gasteiger partial charge < -0.3 is 0 Å². The highest BCUT2D eigenvalue weighted by molar-refractivity contribution is 7.94. The predicted octanol–water partition coefficient (Wildman–Crippen LogP) is 2.81. The van der Waals surface area contributed by atoms with Gasteiger partial charge >= 0.3 is 0 Å². The Balaban J connectivity index is 2.04. The minimum atomic E-state index is -3.85. The van der Waals surface area contributed by atoms with Crippen molar-refractivity contribution < 1.29 is 16.8 Å². The Bertz CT molecular complexity index is 1040. The molecule has 2 aromatic carbocycles. The van der Waals surface area contributed by atoms with Gasteiger partial charge in [-0.1, -0.05) is 42.5 Å². The van der Waals surface area contributed by atoms with Crippen LogP contribution in [0.4, 0.5) is 0 Å². The molecule has 0 unspecified atom stereocenters. The van der Waals surface area contributed by atoms with Crippen LogP contribution in [0.2, 0.25) is 0 Å². The lowest BCUT2D eigenvalue weighted by Crippen LogP contribution is -2.40. The summed E-state index contributed by atoms with van der Waals surface area (Å²) in [5, 5.41) is 1.10. The Hall–Kier alpha value is -1.96. The minimum Gasteiger partial charge on any atom is -0.224 e. The topological polar surface area (TPSA) is 71.5 Å². The smallest absolute Gasteiger partial charge is 0.224 e. The van der Waals surface area contributed by atoms with Crippen molar-refractivity contribution in [2.45, 2.75) is 31.3 Å². The molecular formula is C19H21NO4S2. The Labute approximate surface area is 154 Å².